The molecule has 0 bridgehead atoms. The first kappa shape index (κ1) is 13.8. The van der Waals surface area contributed by atoms with Gasteiger partial charge < -0.3 is 10.8 Å². The molecular weight excluding hydrogens is 253 g/mol. The van der Waals surface area contributed by atoms with Crippen LogP contribution in [0.5, 0.6) is 0 Å². The lowest BCUT2D eigenvalue weighted by Crippen LogP contribution is -2.37. The molecule has 3 N–H and O–H groups in total. The van der Waals surface area contributed by atoms with Gasteiger partial charge in [0.05, 0.1) is 6.61 Å². The van der Waals surface area contributed by atoms with E-state index in [9.17, 15) is 9.50 Å². The predicted molar refractivity (Wildman–Crippen MR) is 71.0 cm³/mol. The van der Waals surface area contributed by atoms with Gasteiger partial charge in [-0.05, 0) is 36.5 Å². The van der Waals surface area contributed by atoms with Crippen molar-refractivity contribution >= 4 is 11.6 Å². The minimum absolute atomic E-state index is 0.0493. The van der Waals surface area contributed by atoms with Crippen LogP contribution < -0.4 is 5.73 Å². The van der Waals surface area contributed by atoms with Gasteiger partial charge in [-0.3, -0.25) is 0 Å². The molecule has 2 rings (SSSR count). The zero-order chi connectivity index (χ0) is 13.2. The van der Waals surface area contributed by atoms with E-state index in [0.29, 0.717) is 23.9 Å². The van der Waals surface area contributed by atoms with Crippen LogP contribution >= 0.6 is 11.6 Å². The highest BCUT2D eigenvalue weighted by molar-refractivity contribution is 6.31. The van der Waals surface area contributed by atoms with E-state index in [2.05, 4.69) is 0 Å². The number of aliphatic hydroxyl groups excluding tert-OH is 1. The van der Waals surface area contributed by atoms with Gasteiger partial charge in [0.2, 0.25) is 0 Å². The zero-order valence-electron chi connectivity index (χ0n) is 10.3. The van der Waals surface area contributed by atoms with Gasteiger partial charge in [0.1, 0.15) is 5.82 Å². The molecule has 0 amide bonds. The fourth-order valence-electron chi connectivity index (χ4n) is 2.42. The van der Waals surface area contributed by atoms with Gasteiger partial charge in [0, 0.05) is 17.0 Å². The minimum Gasteiger partial charge on any atom is -0.396 e. The lowest BCUT2D eigenvalue weighted by Gasteiger charge is -2.31. The Hall–Kier alpha value is -0.640. The first-order valence-corrected chi connectivity index (χ1v) is 6.71. The third kappa shape index (κ3) is 3.22. The summed E-state index contributed by atoms with van der Waals surface area (Å²) in [4.78, 5) is 0. The molecule has 0 radical (unpaired) electrons. The quantitative estimate of drug-likeness (QED) is 0.836. The van der Waals surface area contributed by atoms with E-state index >= 15 is 0 Å². The molecule has 1 saturated carbocycles. The van der Waals surface area contributed by atoms with Crippen LogP contribution in [0.2, 0.25) is 5.02 Å². The fraction of sp³-hybridized carbons (Fsp3) is 0.571. The van der Waals surface area contributed by atoms with Gasteiger partial charge in [-0.1, -0.05) is 30.5 Å². The summed E-state index contributed by atoms with van der Waals surface area (Å²) in [5, 5.41) is 10.1. The second-order valence-electron chi connectivity index (χ2n) is 5.42. The highest BCUT2D eigenvalue weighted by Crippen LogP contribution is 2.42. The smallest absolute Gasteiger partial charge is 0.124 e. The van der Waals surface area contributed by atoms with Crippen LogP contribution in [0.25, 0.3) is 0 Å². The minimum atomic E-state index is -0.340. The summed E-state index contributed by atoms with van der Waals surface area (Å²) in [6.45, 7) is 0.474. The number of hydrogen-bond acceptors (Lipinski definition) is 2. The average molecular weight is 272 g/mol. The number of halogens is 2. The van der Waals surface area contributed by atoms with E-state index in [0.717, 1.165) is 12.0 Å². The summed E-state index contributed by atoms with van der Waals surface area (Å²) in [5.74, 6) is 0.341. The fourth-order valence-corrected chi connectivity index (χ4v) is 2.65. The largest absolute Gasteiger partial charge is 0.396 e. The van der Waals surface area contributed by atoms with Crippen molar-refractivity contribution in [3.8, 4) is 0 Å². The molecule has 1 aromatic carbocycles. The Morgan fingerprint density at radius 2 is 2.17 bits per heavy atom. The maximum absolute atomic E-state index is 13.0. The third-order valence-electron chi connectivity index (χ3n) is 3.77. The van der Waals surface area contributed by atoms with E-state index in [-0.39, 0.29) is 17.8 Å². The highest BCUT2D eigenvalue weighted by Gasteiger charge is 2.36. The van der Waals surface area contributed by atoms with Crippen LogP contribution in [-0.4, -0.2) is 18.3 Å². The standard InChI is InChI=1S/C14H19ClFNO/c15-13-5-12(16)4-3-11(13)7-14(8-17,9-18)6-10-1-2-10/h3-5,10,18H,1-2,6-9,17H2. The van der Waals surface area contributed by atoms with Gasteiger partial charge in [-0.2, -0.15) is 0 Å². The number of benzene rings is 1. The predicted octanol–water partition coefficient (Wildman–Crippen LogP) is 2.76. The van der Waals surface area contributed by atoms with Crippen molar-refractivity contribution in [1.82, 2.24) is 0 Å². The summed E-state index contributed by atoms with van der Waals surface area (Å²) in [6.07, 6.45) is 3.97. The van der Waals surface area contributed by atoms with E-state index in [1.807, 2.05) is 0 Å². The monoisotopic (exact) mass is 271 g/mol. The van der Waals surface area contributed by atoms with Crippen molar-refractivity contribution in [2.75, 3.05) is 13.2 Å². The summed E-state index contributed by atoms with van der Waals surface area (Å²) in [7, 11) is 0. The molecule has 1 fully saturated rings. The maximum atomic E-state index is 13.0. The van der Waals surface area contributed by atoms with Crippen molar-refractivity contribution < 1.29 is 9.50 Å². The average Bonchev–Trinajstić information content (AvgIpc) is 3.15. The summed E-state index contributed by atoms with van der Waals surface area (Å²) in [6, 6.07) is 4.40. The highest BCUT2D eigenvalue weighted by atomic mass is 35.5. The van der Waals surface area contributed by atoms with Crippen LogP contribution in [-0.2, 0) is 6.42 Å². The number of rotatable bonds is 6. The van der Waals surface area contributed by atoms with E-state index in [1.165, 1.54) is 25.0 Å². The molecule has 0 saturated heterocycles. The molecule has 1 atom stereocenters. The molecule has 0 spiro atoms. The lowest BCUT2D eigenvalue weighted by atomic mass is 9.78. The van der Waals surface area contributed by atoms with Crippen molar-refractivity contribution in [3.63, 3.8) is 0 Å². The van der Waals surface area contributed by atoms with Crippen molar-refractivity contribution in [2.24, 2.45) is 17.1 Å². The number of hydrogen-bond donors (Lipinski definition) is 2. The number of aliphatic hydroxyl groups is 1. The summed E-state index contributed by atoms with van der Waals surface area (Å²) >= 11 is 6.04. The topological polar surface area (TPSA) is 46.2 Å². The van der Waals surface area contributed by atoms with Gasteiger partial charge in [0.25, 0.3) is 0 Å². The number of nitrogens with two attached hydrogens (primary N) is 1. The first-order chi connectivity index (χ1) is 8.58. The van der Waals surface area contributed by atoms with Crippen LogP contribution in [0.1, 0.15) is 24.8 Å². The summed E-state index contributed by atoms with van der Waals surface area (Å²) in [5.41, 5.74) is 6.39. The van der Waals surface area contributed by atoms with E-state index in [4.69, 9.17) is 17.3 Å². The molecule has 1 unspecified atom stereocenters. The van der Waals surface area contributed by atoms with Crippen LogP contribution in [0, 0.1) is 17.2 Å². The van der Waals surface area contributed by atoms with Gasteiger partial charge in [0.15, 0.2) is 0 Å². The zero-order valence-corrected chi connectivity index (χ0v) is 11.1. The molecule has 1 aliphatic carbocycles. The molecule has 2 nitrogen and oxygen atoms in total. The Labute approximate surface area is 112 Å². The maximum Gasteiger partial charge on any atom is 0.124 e. The Balaban J connectivity index is 2.16. The van der Waals surface area contributed by atoms with Gasteiger partial charge in [-0.15, -0.1) is 0 Å². The second kappa shape index (κ2) is 5.55. The molecule has 0 heterocycles. The third-order valence-corrected chi connectivity index (χ3v) is 4.12. The lowest BCUT2D eigenvalue weighted by molar-refractivity contribution is 0.115. The van der Waals surface area contributed by atoms with E-state index in [1.54, 1.807) is 6.07 Å². The molecule has 18 heavy (non-hydrogen) atoms. The van der Waals surface area contributed by atoms with Gasteiger partial charge in [-0.25, -0.2) is 4.39 Å². The van der Waals surface area contributed by atoms with Crippen LogP contribution in [0.3, 0.4) is 0 Å². The van der Waals surface area contributed by atoms with Crippen LogP contribution in [0.15, 0.2) is 18.2 Å². The van der Waals surface area contributed by atoms with Gasteiger partial charge >= 0.3 is 0 Å². The SMILES string of the molecule is NCC(CO)(Cc1ccc(F)cc1Cl)CC1CC1. The Bertz CT molecular complexity index is 416. The Morgan fingerprint density at radius 1 is 1.44 bits per heavy atom. The van der Waals surface area contributed by atoms with E-state index < -0.39 is 0 Å². The molecule has 0 aromatic heterocycles. The second-order valence-corrected chi connectivity index (χ2v) is 5.83. The van der Waals surface area contributed by atoms with Crippen LogP contribution in [0.4, 0.5) is 4.39 Å². The molecule has 1 aliphatic rings. The van der Waals surface area contributed by atoms with Crippen molar-refractivity contribution in [1.29, 1.82) is 0 Å². The molecule has 1 aromatic rings. The Morgan fingerprint density at radius 3 is 2.67 bits per heavy atom. The van der Waals surface area contributed by atoms with Crippen molar-refractivity contribution in [2.45, 2.75) is 25.7 Å². The Kier molecular flexibility index (Phi) is 4.25. The molecule has 4 heteroatoms. The molecule has 100 valence electrons. The van der Waals surface area contributed by atoms with Crippen molar-refractivity contribution in [3.05, 3.63) is 34.6 Å². The first-order valence-electron chi connectivity index (χ1n) is 6.33. The molecule has 0 aliphatic heterocycles. The summed E-state index contributed by atoms with van der Waals surface area (Å²) < 4.78 is 13.0. The normalized spacial score (nSPS) is 18.7. The molecular formula is C14H19ClFNO.